The van der Waals surface area contributed by atoms with Crippen LogP contribution in [0.2, 0.25) is 0 Å². The van der Waals surface area contributed by atoms with E-state index in [1.165, 1.54) is 12.0 Å². The van der Waals surface area contributed by atoms with E-state index in [0.29, 0.717) is 12.4 Å². The molecule has 0 aliphatic rings. The van der Waals surface area contributed by atoms with Crippen molar-refractivity contribution in [2.45, 2.75) is 6.92 Å². The highest BCUT2D eigenvalue weighted by molar-refractivity contribution is 5.91. The Morgan fingerprint density at radius 2 is 1.90 bits per heavy atom. The van der Waals surface area contributed by atoms with Crippen LogP contribution in [0.15, 0.2) is 12.1 Å². The first kappa shape index (κ1) is 15.9. The summed E-state index contributed by atoms with van der Waals surface area (Å²) in [5.74, 6) is -0.148. The van der Waals surface area contributed by atoms with Crippen molar-refractivity contribution in [1.29, 1.82) is 0 Å². The number of amides is 1. The topological polar surface area (TPSA) is 75.6 Å². The number of anilines is 1. The van der Waals surface area contributed by atoms with Crippen molar-refractivity contribution in [3.8, 4) is 0 Å². The Bertz CT molecular complexity index is 473. The molecule has 0 fully saturated rings. The van der Waals surface area contributed by atoms with Crippen molar-refractivity contribution in [2.24, 2.45) is 5.92 Å². The van der Waals surface area contributed by atoms with Gasteiger partial charge in [0.05, 0.1) is 13.0 Å². The molecule has 0 bridgehead atoms. The molecule has 1 aromatic heterocycles. The van der Waals surface area contributed by atoms with Gasteiger partial charge in [-0.25, -0.2) is 0 Å². The second-order valence-corrected chi connectivity index (χ2v) is 4.78. The first-order valence-corrected chi connectivity index (χ1v) is 6.21. The van der Waals surface area contributed by atoms with Gasteiger partial charge in [-0.3, -0.25) is 9.59 Å². The molecular formula is C13H20N4O3. The Kier molecular flexibility index (Phi) is 5.42. The molecule has 0 aromatic carbocycles. The van der Waals surface area contributed by atoms with E-state index >= 15 is 0 Å². The third-order valence-corrected chi connectivity index (χ3v) is 2.82. The zero-order valence-electron chi connectivity index (χ0n) is 12.5. The smallest absolute Gasteiger partial charge is 0.310 e. The number of methoxy groups -OCH3 is 1. The Morgan fingerprint density at radius 3 is 2.35 bits per heavy atom. The fourth-order valence-electron chi connectivity index (χ4n) is 1.65. The van der Waals surface area contributed by atoms with Gasteiger partial charge in [0, 0.05) is 27.7 Å². The molecule has 110 valence electrons. The van der Waals surface area contributed by atoms with Crippen LogP contribution in [0.25, 0.3) is 0 Å². The molecule has 1 rings (SSSR count). The van der Waals surface area contributed by atoms with Crippen LogP contribution < -0.4 is 4.90 Å². The summed E-state index contributed by atoms with van der Waals surface area (Å²) in [7, 11) is 6.47. The molecule has 0 saturated carbocycles. The van der Waals surface area contributed by atoms with E-state index in [0.717, 1.165) is 0 Å². The fourth-order valence-corrected chi connectivity index (χ4v) is 1.65. The van der Waals surface area contributed by atoms with Gasteiger partial charge >= 0.3 is 5.97 Å². The lowest BCUT2D eigenvalue weighted by Crippen LogP contribution is -2.30. The molecule has 7 nitrogen and oxygen atoms in total. The molecule has 0 spiro atoms. The molecule has 0 N–H and O–H groups in total. The minimum absolute atomic E-state index is 0.199. The molecule has 0 saturated heterocycles. The molecule has 0 radical (unpaired) electrons. The maximum atomic E-state index is 11.7. The van der Waals surface area contributed by atoms with Gasteiger partial charge in [-0.15, -0.1) is 10.2 Å². The largest absolute Gasteiger partial charge is 0.469 e. The molecule has 1 aromatic rings. The Hall–Kier alpha value is -2.18. The summed E-state index contributed by atoms with van der Waals surface area (Å²) in [5.41, 5.74) is 0.285. The van der Waals surface area contributed by atoms with E-state index < -0.39 is 0 Å². The number of nitrogens with zero attached hydrogens (tertiary/aromatic N) is 4. The highest BCUT2D eigenvalue weighted by Gasteiger charge is 2.17. The number of esters is 1. The third-order valence-electron chi connectivity index (χ3n) is 2.82. The van der Waals surface area contributed by atoms with Crippen LogP contribution in [-0.4, -0.2) is 61.8 Å². The minimum atomic E-state index is -0.274. The normalized spacial score (nSPS) is 11.7. The van der Waals surface area contributed by atoms with Gasteiger partial charge in [0.15, 0.2) is 11.5 Å². The van der Waals surface area contributed by atoms with Gasteiger partial charge in [0.2, 0.25) is 0 Å². The average Bonchev–Trinajstić information content (AvgIpc) is 2.45. The van der Waals surface area contributed by atoms with Crippen LogP contribution in [0.5, 0.6) is 0 Å². The molecule has 1 amide bonds. The first-order chi connectivity index (χ1) is 9.36. The van der Waals surface area contributed by atoms with E-state index in [1.807, 2.05) is 0 Å². The molecule has 0 aliphatic heterocycles. The molecule has 1 atom stereocenters. The van der Waals surface area contributed by atoms with Crippen LogP contribution in [0.3, 0.4) is 0 Å². The quantitative estimate of drug-likeness (QED) is 0.728. The number of carbonyl (C=O) groups excluding carboxylic acids is 2. The zero-order valence-corrected chi connectivity index (χ0v) is 12.5. The van der Waals surface area contributed by atoms with Gasteiger partial charge in [-0.2, -0.15) is 0 Å². The number of hydrogen-bond donors (Lipinski definition) is 0. The van der Waals surface area contributed by atoms with Crippen molar-refractivity contribution in [1.82, 2.24) is 15.1 Å². The van der Waals surface area contributed by atoms with Crippen LogP contribution in [-0.2, 0) is 9.53 Å². The standard InChI is InChI=1S/C13H20N4O3/c1-9(13(19)20-5)8-17(4)11-7-6-10(14-15-11)12(18)16(2)3/h6-7,9H,8H2,1-5H3. The SMILES string of the molecule is COC(=O)C(C)CN(C)c1ccc(C(=O)N(C)C)nn1. The number of aromatic nitrogens is 2. The highest BCUT2D eigenvalue weighted by atomic mass is 16.5. The van der Waals surface area contributed by atoms with E-state index in [2.05, 4.69) is 14.9 Å². The minimum Gasteiger partial charge on any atom is -0.469 e. The molecule has 7 heteroatoms. The van der Waals surface area contributed by atoms with E-state index in [-0.39, 0.29) is 23.5 Å². The number of hydrogen-bond acceptors (Lipinski definition) is 6. The van der Waals surface area contributed by atoms with Gasteiger partial charge in [0.1, 0.15) is 0 Å². The molecule has 1 heterocycles. The average molecular weight is 280 g/mol. The maximum absolute atomic E-state index is 11.7. The third kappa shape index (κ3) is 3.91. The van der Waals surface area contributed by atoms with Crippen LogP contribution in [0, 0.1) is 5.92 Å². The van der Waals surface area contributed by atoms with E-state index in [9.17, 15) is 9.59 Å². The molecule has 20 heavy (non-hydrogen) atoms. The lowest BCUT2D eigenvalue weighted by molar-refractivity contribution is -0.144. The lowest BCUT2D eigenvalue weighted by Gasteiger charge is -2.20. The van der Waals surface area contributed by atoms with Crippen molar-refractivity contribution in [3.05, 3.63) is 17.8 Å². The van der Waals surface area contributed by atoms with Crippen molar-refractivity contribution in [2.75, 3.05) is 39.7 Å². The Labute approximate surface area is 118 Å². The maximum Gasteiger partial charge on any atom is 0.310 e. The van der Waals surface area contributed by atoms with Gasteiger partial charge in [-0.1, -0.05) is 6.92 Å². The van der Waals surface area contributed by atoms with Crippen molar-refractivity contribution < 1.29 is 14.3 Å². The summed E-state index contributed by atoms with van der Waals surface area (Å²) in [6, 6.07) is 3.32. The molecule has 0 aliphatic carbocycles. The number of rotatable bonds is 5. The second-order valence-electron chi connectivity index (χ2n) is 4.78. The van der Waals surface area contributed by atoms with E-state index in [4.69, 9.17) is 0 Å². The van der Waals surface area contributed by atoms with Gasteiger partial charge in [0.25, 0.3) is 5.91 Å². The lowest BCUT2D eigenvalue weighted by atomic mass is 10.2. The van der Waals surface area contributed by atoms with Crippen LogP contribution in [0.4, 0.5) is 5.82 Å². The Balaban J connectivity index is 2.73. The van der Waals surface area contributed by atoms with Crippen molar-refractivity contribution in [3.63, 3.8) is 0 Å². The highest BCUT2D eigenvalue weighted by Crippen LogP contribution is 2.11. The van der Waals surface area contributed by atoms with Crippen LogP contribution in [0.1, 0.15) is 17.4 Å². The van der Waals surface area contributed by atoms with Crippen molar-refractivity contribution >= 4 is 17.7 Å². The van der Waals surface area contributed by atoms with Crippen LogP contribution >= 0.6 is 0 Å². The summed E-state index contributed by atoms with van der Waals surface area (Å²) in [6.45, 7) is 2.24. The summed E-state index contributed by atoms with van der Waals surface area (Å²) < 4.78 is 4.67. The summed E-state index contributed by atoms with van der Waals surface area (Å²) in [6.07, 6.45) is 0. The first-order valence-electron chi connectivity index (χ1n) is 6.21. The summed E-state index contributed by atoms with van der Waals surface area (Å²) in [5, 5.41) is 7.89. The summed E-state index contributed by atoms with van der Waals surface area (Å²) >= 11 is 0. The zero-order chi connectivity index (χ0) is 15.3. The fraction of sp³-hybridized carbons (Fsp3) is 0.538. The van der Waals surface area contributed by atoms with E-state index in [1.54, 1.807) is 45.1 Å². The predicted molar refractivity (Wildman–Crippen MR) is 74.5 cm³/mol. The molecular weight excluding hydrogens is 260 g/mol. The number of ether oxygens (including phenoxy) is 1. The number of carbonyl (C=O) groups is 2. The summed E-state index contributed by atoms with van der Waals surface area (Å²) in [4.78, 5) is 26.3. The Morgan fingerprint density at radius 1 is 1.25 bits per heavy atom. The monoisotopic (exact) mass is 280 g/mol. The second kappa shape index (κ2) is 6.83. The van der Waals surface area contributed by atoms with Gasteiger partial charge < -0.3 is 14.5 Å². The predicted octanol–water partition coefficient (Wildman–Crippen LogP) is 0.424. The van der Waals surface area contributed by atoms with Gasteiger partial charge in [-0.05, 0) is 12.1 Å². The molecule has 1 unspecified atom stereocenters.